The monoisotopic (exact) mass is 442 g/mol. The molecular weight excluding hydrogens is 420 g/mol. The number of carbonyl (C=O) groups is 2. The number of phenols is 1. The van der Waals surface area contributed by atoms with E-state index in [0.717, 1.165) is 0 Å². The van der Waals surface area contributed by atoms with Gasteiger partial charge in [-0.25, -0.2) is 9.59 Å². The number of rotatable bonds is 6. The van der Waals surface area contributed by atoms with Crippen molar-refractivity contribution in [3.05, 3.63) is 69.8 Å². The number of hydrogen-bond donors (Lipinski definition) is 2. The lowest BCUT2D eigenvalue weighted by atomic mass is 9.76. The Labute approximate surface area is 183 Å². The first-order valence-electron chi connectivity index (χ1n) is 10.2. The molecule has 0 amide bonds. The summed E-state index contributed by atoms with van der Waals surface area (Å²) < 4.78 is 16.4. The van der Waals surface area contributed by atoms with Gasteiger partial charge in [0.2, 0.25) is 5.54 Å². The predicted molar refractivity (Wildman–Crippen MR) is 110 cm³/mol. The Morgan fingerprint density at radius 2 is 1.62 bits per heavy atom. The average molecular weight is 442 g/mol. The zero-order valence-electron chi connectivity index (χ0n) is 17.4. The third-order valence-electron chi connectivity index (χ3n) is 5.86. The van der Waals surface area contributed by atoms with Crippen molar-refractivity contribution < 1.29 is 33.8 Å². The van der Waals surface area contributed by atoms with Crippen molar-refractivity contribution in [3.63, 3.8) is 0 Å². The highest BCUT2D eigenvalue weighted by Crippen LogP contribution is 2.61. The molecule has 2 N–H and O–H groups in total. The quantitative estimate of drug-likeness (QED) is 0.298. The van der Waals surface area contributed by atoms with Gasteiger partial charge >= 0.3 is 17.7 Å². The Bertz CT molecular complexity index is 1070. The van der Waals surface area contributed by atoms with Crippen LogP contribution in [0.1, 0.15) is 36.9 Å². The molecule has 0 spiro atoms. The largest absolute Gasteiger partial charge is 0.508 e. The van der Waals surface area contributed by atoms with E-state index in [1.165, 1.54) is 18.2 Å². The van der Waals surface area contributed by atoms with Crippen molar-refractivity contribution in [1.29, 1.82) is 0 Å². The smallest absolute Gasteiger partial charge is 0.392 e. The van der Waals surface area contributed by atoms with Crippen LogP contribution in [0.25, 0.3) is 0 Å². The number of hydrogen-bond acceptors (Lipinski definition) is 9. The number of para-hydroxylation sites is 2. The number of benzene rings is 2. The molecule has 2 aromatic carbocycles. The van der Waals surface area contributed by atoms with Crippen LogP contribution in [0, 0.1) is 10.1 Å². The highest BCUT2D eigenvalue weighted by atomic mass is 16.7. The van der Waals surface area contributed by atoms with Crippen molar-refractivity contribution in [2.75, 3.05) is 13.2 Å². The van der Waals surface area contributed by atoms with Gasteiger partial charge < -0.3 is 19.3 Å². The molecule has 10 nitrogen and oxygen atoms in total. The molecule has 3 atom stereocenters. The van der Waals surface area contributed by atoms with E-state index in [2.05, 4.69) is 5.32 Å². The van der Waals surface area contributed by atoms with Crippen molar-refractivity contribution in [3.8, 4) is 11.5 Å². The molecule has 0 saturated carbocycles. The minimum Gasteiger partial charge on any atom is -0.508 e. The molecule has 2 heterocycles. The van der Waals surface area contributed by atoms with Crippen molar-refractivity contribution >= 4 is 11.9 Å². The van der Waals surface area contributed by atoms with Gasteiger partial charge in [-0.2, -0.15) is 0 Å². The molecule has 0 radical (unpaired) electrons. The van der Waals surface area contributed by atoms with E-state index in [0.29, 0.717) is 0 Å². The number of phenolic OH excluding ortho intramolecular Hbond substituents is 1. The van der Waals surface area contributed by atoms with Crippen LogP contribution in [0.15, 0.2) is 48.5 Å². The first-order chi connectivity index (χ1) is 15.3. The Hall–Kier alpha value is -3.66. The molecule has 4 rings (SSSR count). The molecule has 2 aromatic rings. The Balaban J connectivity index is 2.05. The second kappa shape index (κ2) is 7.79. The summed E-state index contributed by atoms with van der Waals surface area (Å²) in [5, 5.41) is 26.0. The van der Waals surface area contributed by atoms with E-state index in [1.54, 1.807) is 44.2 Å². The SMILES string of the molecule is CCOC(=O)C1(C(=O)OCC)N[C@H](c2ccccc2O)[C@@]2([N+](=O)[O-])Oc3ccccc3[C@@H]12. The van der Waals surface area contributed by atoms with Crippen LogP contribution < -0.4 is 10.1 Å². The third kappa shape index (κ3) is 2.76. The lowest BCUT2D eigenvalue weighted by Gasteiger charge is -2.29. The topological polar surface area (TPSA) is 137 Å². The second-order valence-electron chi connectivity index (χ2n) is 7.47. The van der Waals surface area contributed by atoms with Crippen LogP contribution in [0.5, 0.6) is 11.5 Å². The van der Waals surface area contributed by atoms with Gasteiger partial charge in [0, 0.05) is 11.1 Å². The van der Waals surface area contributed by atoms with E-state index < -0.39 is 40.1 Å². The minimum atomic E-state index is -2.33. The standard InChI is InChI=1S/C22H22N2O8/c1-3-30-19(26)21(20(27)31-4-2)17-14-10-6-8-12-16(14)32-22(17,24(28)29)18(23-21)13-9-5-7-11-15(13)25/h5-12,17-18,23,25H,3-4H2,1-2H3/t17-,18+,22-/m0/s1. The molecule has 0 aromatic heterocycles. The number of nitro groups is 1. The second-order valence-corrected chi connectivity index (χ2v) is 7.47. The van der Waals surface area contributed by atoms with Gasteiger partial charge in [-0.3, -0.25) is 15.4 Å². The molecule has 1 saturated heterocycles. The molecular formula is C22H22N2O8. The number of esters is 2. The van der Waals surface area contributed by atoms with E-state index in [4.69, 9.17) is 14.2 Å². The van der Waals surface area contributed by atoms with Gasteiger partial charge in [0.05, 0.1) is 18.1 Å². The van der Waals surface area contributed by atoms with Crippen molar-refractivity contribution in [1.82, 2.24) is 5.32 Å². The zero-order valence-corrected chi connectivity index (χ0v) is 17.4. The van der Waals surface area contributed by atoms with Gasteiger partial charge in [-0.1, -0.05) is 36.4 Å². The van der Waals surface area contributed by atoms with Gasteiger partial charge in [0.25, 0.3) is 0 Å². The summed E-state index contributed by atoms with van der Waals surface area (Å²) in [6, 6.07) is 10.9. The molecule has 168 valence electrons. The summed E-state index contributed by atoms with van der Waals surface area (Å²) in [6.45, 7) is 2.99. The minimum absolute atomic E-state index is 0.0659. The summed E-state index contributed by atoms with van der Waals surface area (Å²) in [5.41, 5.74) is -4.23. The molecule has 0 bridgehead atoms. The van der Waals surface area contributed by atoms with Crippen molar-refractivity contribution in [2.24, 2.45) is 0 Å². The maximum Gasteiger partial charge on any atom is 0.392 e. The maximum atomic E-state index is 13.3. The highest BCUT2D eigenvalue weighted by molar-refractivity contribution is 6.07. The van der Waals surface area contributed by atoms with Gasteiger partial charge in [0.15, 0.2) is 0 Å². The molecule has 0 unspecified atom stereocenters. The van der Waals surface area contributed by atoms with E-state index in [9.17, 15) is 24.8 Å². The summed E-state index contributed by atoms with van der Waals surface area (Å²) in [4.78, 5) is 38.7. The summed E-state index contributed by atoms with van der Waals surface area (Å²) in [5.74, 6) is -3.56. The van der Waals surface area contributed by atoms with Crippen LogP contribution in [-0.2, 0) is 19.1 Å². The molecule has 10 heteroatoms. The molecule has 1 fully saturated rings. The number of carbonyl (C=O) groups excluding carboxylic acids is 2. The summed E-state index contributed by atoms with van der Waals surface area (Å²) >= 11 is 0. The fourth-order valence-electron chi connectivity index (χ4n) is 4.66. The molecule has 32 heavy (non-hydrogen) atoms. The average Bonchev–Trinajstić information content (AvgIpc) is 3.27. The fraction of sp³-hybridized carbons (Fsp3) is 0.364. The third-order valence-corrected chi connectivity index (χ3v) is 5.86. The van der Waals surface area contributed by atoms with Gasteiger partial charge in [-0.15, -0.1) is 0 Å². The van der Waals surface area contributed by atoms with Gasteiger partial charge in [-0.05, 0) is 26.0 Å². The summed E-state index contributed by atoms with van der Waals surface area (Å²) in [6.07, 6.45) is 0. The van der Waals surface area contributed by atoms with Crippen LogP contribution >= 0.6 is 0 Å². The molecule has 0 aliphatic carbocycles. The van der Waals surface area contributed by atoms with Crippen LogP contribution in [-0.4, -0.2) is 46.4 Å². The lowest BCUT2D eigenvalue weighted by Crippen LogP contribution is -2.60. The van der Waals surface area contributed by atoms with E-state index in [-0.39, 0.29) is 35.8 Å². The Kier molecular flexibility index (Phi) is 5.25. The number of aromatic hydroxyl groups is 1. The number of ether oxygens (including phenoxy) is 3. The number of nitrogens with zero attached hydrogens (tertiary/aromatic N) is 1. The first-order valence-corrected chi connectivity index (χ1v) is 10.2. The first kappa shape index (κ1) is 21.6. The maximum absolute atomic E-state index is 13.3. The predicted octanol–water partition coefficient (Wildman–Crippen LogP) is 2.05. The van der Waals surface area contributed by atoms with Crippen LogP contribution in [0.3, 0.4) is 0 Å². The van der Waals surface area contributed by atoms with Crippen molar-refractivity contribution in [2.45, 2.75) is 37.1 Å². The van der Waals surface area contributed by atoms with Crippen LogP contribution in [0.2, 0.25) is 0 Å². The molecule has 2 aliphatic heterocycles. The van der Waals surface area contributed by atoms with Crippen LogP contribution in [0.4, 0.5) is 0 Å². The zero-order chi connectivity index (χ0) is 23.1. The molecule has 2 aliphatic rings. The normalized spacial score (nSPS) is 24.7. The Morgan fingerprint density at radius 1 is 1.06 bits per heavy atom. The highest BCUT2D eigenvalue weighted by Gasteiger charge is 2.82. The summed E-state index contributed by atoms with van der Waals surface area (Å²) in [7, 11) is 0. The van der Waals surface area contributed by atoms with E-state index >= 15 is 0 Å². The van der Waals surface area contributed by atoms with E-state index in [1.807, 2.05) is 0 Å². The fourth-order valence-corrected chi connectivity index (χ4v) is 4.66. The Morgan fingerprint density at radius 3 is 2.19 bits per heavy atom. The number of fused-ring (bicyclic) bond motifs is 3. The lowest BCUT2D eigenvalue weighted by molar-refractivity contribution is -0.619. The number of nitrogens with one attached hydrogen (secondary N) is 1. The van der Waals surface area contributed by atoms with Gasteiger partial charge in [0.1, 0.15) is 23.5 Å².